The number of hydrogen-bond donors (Lipinski definition) is 1. The molecule has 6 heteroatoms. The van der Waals surface area contributed by atoms with Gasteiger partial charge in [0.15, 0.2) is 0 Å². The first-order chi connectivity index (χ1) is 12.7. The van der Waals surface area contributed by atoms with Crippen LogP contribution < -0.4 is 10.1 Å². The Balaban J connectivity index is 1.62. The second-order valence-electron chi connectivity index (χ2n) is 7.42. The van der Waals surface area contributed by atoms with E-state index >= 15 is 0 Å². The molecule has 0 saturated heterocycles. The average Bonchev–Trinajstić information content (AvgIpc) is 2.56. The summed E-state index contributed by atoms with van der Waals surface area (Å²) in [4.78, 5) is 12.5. The Labute approximate surface area is 168 Å². The van der Waals surface area contributed by atoms with E-state index in [-0.39, 0.29) is 29.1 Å². The van der Waals surface area contributed by atoms with Crippen LogP contribution >= 0.6 is 23.4 Å². The van der Waals surface area contributed by atoms with Gasteiger partial charge in [0.1, 0.15) is 17.2 Å². The van der Waals surface area contributed by atoms with Crippen LogP contribution in [0.1, 0.15) is 43.0 Å². The Morgan fingerprint density at radius 2 is 2.15 bits per heavy atom. The average molecular weight is 408 g/mol. The zero-order valence-corrected chi connectivity index (χ0v) is 17.2. The number of rotatable bonds is 5. The molecule has 1 heterocycles. The van der Waals surface area contributed by atoms with Crippen LogP contribution in [0.25, 0.3) is 0 Å². The lowest BCUT2D eigenvalue weighted by Gasteiger charge is -2.38. The number of benzene rings is 2. The zero-order chi connectivity index (χ0) is 19.6. The number of carbonyl (C=O) groups is 1. The predicted molar refractivity (Wildman–Crippen MR) is 109 cm³/mol. The summed E-state index contributed by atoms with van der Waals surface area (Å²) in [5, 5.41) is 3.49. The largest absolute Gasteiger partial charge is 0.487 e. The van der Waals surface area contributed by atoms with Crippen molar-refractivity contribution in [1.82, 2.24) is 5.32 Å². The van der Waals surface area contributed by atoms with E-state index in [9.17, 15) is 9.18 Å². The summed E-state index contributed by atoms with van der Waals surface area (Å²) in [7, 11) is 0. The van der Waals surface area contributed by atoms with E-state index in [2.05, 4.69) is 5.32 Å². The summed E-state index contributed by atoms with van der Waals surface area (Å²) in [6.45, 7) is 6.06. The molecule has 0 fully saturated rings. The molecular weight excluding hydrogens is 385 g/mol. The molecule has 2 aromatic rings. The van der Waals surface area contributed by atoms with E-state index in [1.165, 1.54) is 17.8 Å². The van der Waals surface area contributed by atoms with Gasteiger partial charge in [-0.3, -0.25) is 4.79 Å². The number of amides is 1. The van der Waals surface area contributed by atoms with E-state index in [0.29, 0.717) is 22.8 Å². The van der Waals surface area contributed by atoms with Crippen molar-refractivity contribution >= 4 is 29.3 Å². The molecule has 1 atom stereocenters. The smallest absolute Gasteiger partial charge is 0.230 e. The Morgan fingerprint density at radius 1 is 1.37 bits per heavy atom. The maximum atomic E-state index is 13.8. The van der Waals surface area contributed by atoms with Crippen LogP contribution in [0, 0.1) is 12.7 Å². The number of nitrogens with one attached hydrogen (secondary N) is 1. The summed E-state index contributed by atoms with van der Waals surface area (Å²) in [5.41, 5.74) is 2.20. The molecular formula is C21H23ClFNO2S. The number of aryl methyl sites for hydroxylation is 1. The van der Waals surface area contributed by atoms with Crippen LogP contribution in [0.3, 0.4) is 0 Å². The van der Waals surface area contributed by atoms with E-state index < -0.39 is 0 Å². The molecule has 144 valence electrons. The van der Waals surface area contributed by atoms with Crippen LogP contribution in [0.2, 0.25) is 5.02 Å². The molecule has 0 aliphatic carbocycles. The Morgan fingerprint density at radius 3 is 2.89 bits per heavy atom. The maximum Gasteiger partial charge on any atom is 0.230 e. The maximum absolute atomic E-state index is 13.8. The summed E-state index contributed by atoms with van der Waals surface area (Å²) >= 11 is 7.38. The fourth-order valence-electron chi connectivity index (χ4n) is 3.24. The number of carbonyl (C=O) groups excluding carboxylic acids is 1. The molecule has 2 aromatic carbocycles. The minimum absolute atomic E-state index is 0.0818. The number of thioether (sulfide) groups is 1. The van der Waals surface area contributed by atoms with Crippen molar-refractivity contribution in [3.8, 4) is 5.75 Å². The highest BCUT2D eigenvalue weighted by Crippen LogP contribution is 2.40. The highest BCUT2D eigenvalue weighted by molar-refractivity contribution is 7.99. The lowest BCUT2D eigenvalue weighted by molar-refractivity contribution is -0.119. The quantitative estimate of drug-likeness (QED) is 0.717. The van der Waals surface area contributed by atoms with Gasteiger partial charge in [0.2, 0.25) is 5.91 Å². The van der Waals surface area contributed by atoms with E-state index in [1.54, 1.807) is 12.1 Å². The first-order valence-electron chi connectivity index (χ1n) is 8.85. The van der Waals surface area contributed by atoms with Crippen LogP contribution in [0.4, 0.5) is 4.39 Å². The van der Waals surface area contributed by atoms with Crippen LogP contribution in [0.5, 0.6) is 5.75 Å². The summed E-state index contributed by atoms with van der Waals surface area (Å²) in [5.74, 6) is 0.993. The van der Waals surface area contributed by atoms with Gasteiger partial charge in [-0.1, -0.05) is 29.8 Å². The first kappa shape index (κ1) is 20.0. The molecule has 3 rings (SSSR count). The van der Waals surface area contributed by atoms with Gasteiger partial charge in [-0.05, 0) is 44.5 Å². The molecule has 1 N–H and O–H groups in total. The van der Waals surface area contributed by atoms with Gasteiger partial charge in [-0.25, -0.2) is 4.39 Å². The SMILES string of the molecule is Cc1ccc2c(c1)OC(C)(C)C[C@H]2NC(=O)CSCc1c(F)cccc1Cl. The topological polar surface area (TPSA) is 38.3 Å². The summed E-state index contributed by atoms with van der Waals surface area (Å²) < 4.78 is 19.9. The third-order valence-corrected chi connectivity index (χ3v) is 5.82. The molecule has 1 aliphatic rings. The number of hydrogen-bond acceptors (Lipinski definition) is 3. The number of fused-ring (bicyclic) bond motifs is 1. The number of halogens is 2. The minimum Gasteiger partial charge on any atom is -0.487 e. The number of ether oxygens (including phenoxy) is 1. The molecule has 0 spiro atoms. The molecule has 0 bridgehead atoms. The van der Waals surface area contributed by atoms with Crippen LogP contribution in [-0.2, 0) is 10.5 Å². The molecule has 1 aliphatic heterocycles. The second-order valence-corrected chi connectivity index (χ2v) is 8.81. The van der Waals surface area contributed by atoms with Gasteiger partial charge in [0, 0.05) is 28.3 Å². The van der Waals surface area contributed by atoms with Crippen molar-refractivity contribution < 1.29 is 13.9 Å². The minimum atomic E-state index is -0.355. The highest BCUT2D eigenvalue weighted by atomic mass is 35.5. The van der Waals surface area contributed by atoms with Crippen molar-refractivity contribution in [2.45, 2.75) is 44.6 Å². The molecule has 0 unspecified atom stereocenters. The van der Waals surface area contributed by atoms with E-state index in [4.69, 9.17) is 16.3 Å². The van der Waals surface area contributed by atoms with Crippen molar-refractivity contribution in [2.75, 3.05) is 5.75 Å². The predicted octanol–water partition coefficient (Wildman–Crippen LogP) is 5.44. The molecule has 27 heavy (non-hydrogen) atoms. The zero-order valence-electron chi connectivity index (χ0n) is 15.6. The van der Waals surface area contributed by atoms with Crippen molar-refractivity contribution in [2.24, 2.45) is 0 Å². The molecule has 1 amide bonds. The fraction of sp³-hybridized carbons (Fsp3) is 0.381. The highest BCUT2D eigenvalue weighted by Gasteiger charge is 2.34. The molecule has 0 radical (unpaired) electrons. The van der Waals surface area contributed by atoms with Gasteiger partial charge in [0.25, 0.3) is 0 Å². The lowest BCUT2D eigenvalue weighted by Crippen LogP contribution is -2.41. The van der Waals surface area contributed by atoms with Gasteiger partial charge >= 0.3 is 0 Å². The van der Waals surface area contributed by atoms with Crippen molar-refractivity contribution in [1.29, 1.82) is 0 Å². The summed E-state index contributed by atoms with van der Waals surface area (Å²) in [6, 6.07) is 10.5. The second kappa shape index (κ2) is 8.11. The monoisotopic (exact) mass is 407 g/mol. The first-order valence-corrected chi connectivity index (χ1v) is 10.4. The van der Waals surface area contributed by atoms with Crippen LogP contribution in [-0.4, -0.2) is 17.3 Å². The van der Waals surface area contributed by atoms with Gasteiger partial charge in [0.05, 0.1) is 11.8 Å². The van der Waals surface area contributed by atoms with Crippen LogP contribution in [0.15, 0.2) is 36.4 Å². The normalized spacial score (nSPS) is 17.7. The van der Waals surface area contributed by atoms with Crippen molar-refractivity contribution in [3.63, 3.8) is 0 Å². The van der Waals surface area contributed by atoms with Gasteiger partial charge in [-0.15, -0.1) is 11.8 Å². The molecule has 3 nitrogen and oxygen atoms in total. The van der Waals surface area contributed by atoms with Gasteiger partial charge < -0.3 is 10.1 Å². The standard InChI is InChI=1S/C21H23ClFNO2S/c1-13-7-8-14-18(10-21(2,3)26-19(14)9-13)24-20(25)12-27-11-15-16(22)5-4-6-17(15)23/h4-9,18H,10-12H2,1-3H3,(H,24,25)/t18-/m1/s1. The van der Waals surface area contributed by atoms with Crippen molar-refractivity contribution in [3.05, 3.63) is 63.9 Å². The Kier molecular flexibility index (Phi) is 6.02. The van der Waals surface area contributed by atoms with E-state index in [1.807, 2.05) is 39.0 Å². The third kappa shape index (κ3) is 4.96. The Hall–Kier alpha value is -1.72. The lowest BCUT2D eigenvalue weighted by atomic mass is 9.89. The fourth-order valence-corrected chi connectivity index (χ4v) is 4.42. The Bertz CT molecular complexity index is 836. The molecule has 0 aromatic heterocycles. The third-order valence-electron chi connectivity index (χ3n) is 4.50. The van der Waals surface area contributed by atoms with E-state index in [0.717, 1.165) is 16.9 Å². The molecule has 0 saturated carbocycles. The summed E-state index contributed by atoms with van der Waals surface area (Å²) in [6.07, 6.45) is 0.693. The van der Waals surface area contributed by atoms with Gasteiger partial charge in [-0.2, -0.15) is 0 Å².